The van der Waals surface area contributed by atoms with Crippen molar-refractivity contribution in [3.05, 3.63) is 35.1 Å². The van der Waals surface area contributed by atoms with Gasteiger partial charge >= 0.3 is 0 Å². The highest BCUT2D eigenvalue weighted by Gasteiger charge is 2.30. The Bertz CT molecular complexity index is 449. The summed E-state index contributed by atoms with van der Waals surface area (Å²) in [5.41, 5.74) is 1.75. The minimum absolute atomic E-state index is 0.114. The highest BCUT2D eigenvalue weighted by atomic mass is 19.1. The minimum atomic E-state index is -0.114. The van der Waals surface area contributed by atoms with Crippen LogP contribution in [0.25, 0.3) is 0 Å². The van der Waals surface area contributed by atoms with Gasteiger partial charge in [0.25, 0.3) is 0 Å². The maximum absolute atomic E-state index is 13.9. The molecule has 1 fully saturated rings. The van der Waals surface area contributed by atoms with Crippen LogP contribution in [0.2, 0.25) is 0 Å². The lowest BCUT2D eigenvalue weighted by Gasteiger charge is -2.42. The second-order valence-electron chi connectivity index (χ2n) is 5.85. The maximum atomic E-state index is 13.9. The monoisotopic (exact) mass is 279 g/mol. The number of halogens is 1. The zero-order chi connectivity index (χ0) is 14.7. The standard InChI is InChI=1S/C16H26FN3/c1-5-18-16(13-7-6-12(2)14(17)10-13)15-11-19(3)8-9-20(15)4/h6-7,10,15-16,18H,5,8-9,11H2,1-4H3. The molecular weight excluding hydrogens is 253 g/mol. The number of aryl methyl sites for hydroxylation is 1. The fourth-order valence-corrected chi connectivity index (χ4v) is 2.90. The predicted octanol–water partition coefficient (Wildman–Crippen LogP) is 2.03. The van der Waals surface area contributed by atoms with Crippen molar-refractivity contribution >= 4 is 0 Å². The Morgan fingerprint density at radius 1 is 1.35 bits per heavy atom. The molecule has 0 saturated carbocycles. The van der Waals surface area contributed by atoms with Crippen LogP contribution in [-0.2, 0) is 0 Å². The van der Waals surface area contributed by atoms with Gasteiger partial charge in [-0.15, -0.1) is 0 Å². The fourth-order valence-electron chi connectivity index (χ4n) is 2.90. The first-order valence-electron chi connectivity index (χ1n) is 7.41. The first-order valence-corrected chi connectivity index (χ1v) is 7.41. The normalized spacial score (nSPS) is 22.9. The average molecular weight is 279 g/mol. The van der Waals surface area contributed by atoms with Crippen LogP contribution in [0.15, 0.2) is 18.2 Å². The van der Waals surface area contributed by atoms with Gasteiger partial charge in [0.2, 0.25) is 0 Å². The van der Waals surface area contributed by atoms with Gasteiger partial charge in [-0.3, -0.25) is 4.90 Å². The van der Waals surface area contributed by atoms with Crippen LogP contribution in [0.1, 0.15) is 24.1 Å². The van der Waals surface area contributed by atoms with E-state index >= 15 is 0 Å². The minimum Gasteiger partial charge on any atom is -0.309 e. The van der Waals surface area contributed by atoms with Gasteiger partial charge in [0.15, 0.2) is 0 Å². The van der Waals surface area contributed by atoms with E-state index in [9.17, 15) is 4.39 Å². The molecule has 0 aliphatic carbocycles. The van der Waals surface area contributed by atoms with Crippen molar-refractivity contribution in [3.8, 4) is 0 Å². The molecule has 1 aliphatic rings. The van der Waals surface area contributed by atoms with E-state index in [-0.39, 0.29) is 11.9 Å². The van der Waals surface area contributed by atoms with Crippen molar-refractivity contribution in [2.75, 3.05) is 40.3 Å². The molecule has 0 radical (unpaired) electrons. The van der Waals surface area contributed by atoms with Crippen LogP contribution < -0.4 is 5.32 Å². The fraction of sp³-hybridized carbons (Fsp3) is 0.625. The second-order valence-corrected chi connectivity index (χ2v) is 5.85. The number of benzene rings is 1. The summed E-state index contributed by atoms with van der Waals surface area (Å²) in [5.74, 6) is -0.114. The van der Waals surface area contributed by atoms with Crippen LogP contribution in [0.5, 0.6) is 0 Å². The summed E-state index contributed by atoms with van der Waals surface area (Å²) in [7, 11) is 4.31. The molecule has 1 aromatic rings. The van der Waals surface area contributed by atoms with E-state index in [0.29, 0.717) is 11.6 Å². The largest absolute Gasteiger partial charge is 0.309 e. The Balaban J connectivity index is 2.27. The second kappa shape index (κ2) is 6.66. The maximum Gasteiger partial charge on any atom is 0.126 e. The number of piperazine rings is 1. The van der Waals surface area contributed by atoms with Gasteiger partial charge in [-0.1, -0.05) is 19.1 Å². The number of likely N-dealkylation sites (N-methyl/N-ethyl adjacent to an activating group) is 3. The highest BCUT2D eigenvalue weighted by Crippen LogP contribution is 2.24. The molecule has 0 spiro atoms. The molecule has 2 unspecified atom stereocenters. The summed E-state index contributed by atoms with van der Waals surface area (Å²) in [6.07, 6.45) is 0. The quantitative estimate of drug-likeness (QED) is 0.910. The Kier molecular flexibility index (Phi) is 5.13. The highest BCUT2D eigenvalue weighted by molar-refractivity contribution is 5.27. The van der Waals surface area contributed by atoms with Gasteiger partial charge in [0.1, 0.15) is 5.82 Å². The number of nitrogens with zero attached hydrogens (tertiary/aromatic N) is 2. The third-order valence-corrected chi connectivity index (χ3v) is 4.26. The molecule has 1 heterocycles. The first-order chi connectivity index (χ1) is 9.52. The molecular formula is C16H26FN3. The van der Waals surface area contributed by atoms with Crippen molar-refractivity contribution in [3.63, 3.8) is 0 Å². The summed E-state index contributed by atoms with van der Waals surface area (Å²) >= 11 is 0. The molecule has 0 amide bonds. The Hall–Kier alpha value is -0.970. The van der Waals surface area contributed by atoms with E-state index in [1.165, 1.54) is 0 Å². The summed E-state index contributed by atoms with van der Waals surface area (Å²) < 4.78 is 13.9. The van der Waals surface area contributed by atoms with E-state index in [1.807, 2.05) is 19.1 Å². The molecule has 1 saturated heterocycles. The van der Waals surface area contributed by atoms with Crippen molar-refractivity contribution in [1.29, 1.82) is 0 Å². The van der Waals surface area contributed by atoms with E-state index < -0.39 is 0 Å². The molecule has 3 nitrogen and oxygen atoms in total. The number of hydrogen-bond donors (Lipinski definition) is 1. The van der Waals surface area contributed by atoms with Crippen molar-refractivity contribution in [2.24, 2.45) is 0 Å². The lowest BCUT2D eigenvalue weighted by molar-refractivity contribution is 0.0880. The van der Waals surface area contributed by atoms with E-state index in [4.69, 9.17) is 0 Å². The van der Waals surface area contributed by atoms with Gasteiger partial charge in [-0.05, 0) is 44.8 Å². The molecule has 2 rings (SSSR count). The lowest BCUT2D eigenvalue weighted by atomic mass is 9.95. The van der Waals surface area contributed by atoms with Gasteiger partial charge in [0, 0.05) is 31.7 Å². The molecule has 20 heavy (non-hydrogen) atoms. The topological polar surface area (TPSA) is 18.5 Å². The smallest absolute Gasteiger partial charge is 0.126 e. The third kappa shape index (κ3) is 3.37. The van der Waals surface area contributed by atoms with E-state index in [2.05, 4.69) is 36.1 Å². The molecule has 1 aromatic carbocycles. The number of nitrogens with one attached hydrogen (secondary N) is 1. The molecule has 4 heteroatoms. The summed E-state index contributed by atoms with van der Waals surface area (Å²) in [6.45, 7) is 7.94. The zero-order valence-corrected chi connectivity index (χ0v) is 13.0. The van der Waals surface area contributed by atoms with Gasteiger partial charge in [-0.25, -0.2) is 4.39 Å². The van der Waals surface area contributed by atoms with Crippen LogP contribution in [0, 0.1) is 12.7 Å². The Morgan fingerprint density at radius 2 is 2.10 bits per heavy atom. The summed E-state index contributed by atoms with van der Waals surface area (Å²) in [6, 6.07) is 6.15. The van der Waals surface area contributed by atoms with Crippen LogP contribution in [0.4, 0.5) is 4.39 Å². The van der Waals surface area contributed by atoms with E-state index in [1.54, 1.807) is 6.07 Å². The van der Waals surface area contributed by atoms with Gasteiger partial charge in [-0.2, -0.15) is 0 Å². The zero-order valence-electron chi connectivity index (χ0n) is 13.0. The van der Waals surface area contributed by atoms with Crippen LogP contribution in [0.3, 0.4) is 0 Å². The number of rotatable bonds is 4. The van der Waals surface area contributed by atoms with Crippen molar-refractivity contribution in [2.45, 2.75) is 25.9 Å². The Morgan fingerprint density at radius 3 is 2.75 bits per heavy atom. The first kappa shape index (κ1) is 15.4. The van der Waals surface area contributed by atoms with E-state index in [0.717, 1.165) is 31.7 Å². The summed E-state index contributed by atoms with van der Waals surface area (Å²) in [5, 5.41) is 3.53. The van der Waals surface area contributed by atoms with Gasteiger partial charge < -0.3 is 10.2 Å². The van der Waals surface area contributed by atoms with Crippen molar-refractivity contribution < 1.29 is 4.39 Å². The SMILES string of the molecule is CCNC(c1ccc(C)c(F)c1)C1CN(C)CCN1C. The molecule has 112 valence electrons. The molecule has 1 aliphatic heterocycles. The molecule has 2 atom stereocenters. The number of hydrogen-bond acceptors (Lipinski definition) is 3. The molecule has 0 aromatic heterocycles. The predicted molar refractivity (Wildman–Crippen MR) is 81.5 cm³/mol. The average Bonchev–Trinajstić information content (AvgIpc) is 2.42. The van der Waals surface area contributed by atoms with Gasteiger partial charge in [0.05, 0.1) is 0 Å². The Labute approximate surface area is 121 Å². The molecule has 0 bridgehead atoms. The van der Waals surface area contributed by atoms with Crippen LogP contribution >= 0.6 is 0 Å². The van der Waals surface area contributed by atoms with Crippen LogP contribution in [-0.4, -0.2) is 56.1 Å². The lowest BCUT2D eigenvalue weighted by Crippen LogP contribution is -2.55. The third-order valence-electron chi connectivity index (χ3n) is 4.26. The molecule has 1 N–H and O–H groups in total. The summed E-state index contributed by atoms with van der Waals surface area (Å²) in [4.78, 5) is 4.73. The van der Waals surface area contributed by atoms with Crippen molar-refractivity contribution in [1.82, 2.24) is 15.1 Å².